The summed E-state index contributed by atoms with van der Waals surface area (Å²) in [4.78, 5) is 26.6. The second kappa shape index (κ2) is 7.42. The van der Waals surface area contributed by atoms with Gasteiger partial charge in [-0.1, -0.05) is 17.8 Å². The van der Waals surface area contributed by atoms with E-state index in [1.165, 1.54) is 24.0 Å². The van der Waals surface area contributed by atoms with Crippen molar-refractivity contribution in [3.8, 4) is 0 Å². The number of carboxylic acid groups (broad SMARTS) is 1. The third-order valence-corrected chi connectivity index (χ3v) is 4.33. The summed E-state index contributed by atoms with van der Waals surface area (Å²) in [6, 6.07) is 8.73. The van der Waals surface area contributed by atoms with E-state index in [1.54, 1.807) is 6.07 Å². The fourth-order valence-electron chi connectivity index (χ4n) is 1.64. The normalized spacial score (nSPS) is 10.3. The van der Waals surface area contributed by atoms with Crippen molar-refractivity contribution in [2.45, 2.75) is 11.9 Å². The van der Waals surface area contributed by atoms with E-state index < -0.39 is 5.97 Å². The topological polar surface area (TPSA) is 79.3 Å². The van der Waals surface area contributed by atoms with E-state index in [0.717, 1.165) is 10.0 Å². The number of benzene rings is 1. The van der Waals surface area contributed by atoms with Crippen LogP contribution in [0.15, 0.2) is 46.0 Å². The third kappa shape index (κ3) is 4.57. The third-order valence-electron chi connectivity index (χ3n) is 2.73. The molecule has 0 aliphatic rings. The van der Waals surface area contributed by atoms with Gasteiger partial charge in [0.1, 0.15) is 0 Å². The molecule has 0 radical (unpaired) electrons. The van der Waals surface area contributed by atoms with Crippen LogP contribution >= 0.6 is 27.7 Å². The molecule has 0 bridgehead atoms. The van der Waals surface area contributed by atoms with Gasteiger partial charge in [0, 0.05) is 10.7 Å². The minimum absolute atomic E-state index is 0.123. The van der Waals surface area contributed by atoms with Crippen molar-refractivity contribution >= 4 is 45.3 Å². The Hall–Kier alpha value is -1.86. The van der Waals surface area contributed by atoms with Crippen LogP contribution in [0.2, 0.25) is 0 Å². The molecule has 0 fully saturated rings. The molecule has 7 heteroatoms. The lowest BCUT2D eigenvalue weighted by molar-refractivity contribution is -0.113. The summed E-state index contributed by atoms with van der Waals surface area (Å²) in [5.41, 5.74) is 1.93. The maximum absolute atomic E-state index is 11.9. The maximum Gasteiger partial charge on any atom is 0.337 e. The van der Waals surface area contributed by atoms with Crippen LogP contribution < -0.4 is 5.32 Å². The Morgan fingerprint density at radius 3 is 2.68 bits per heavy atom. The molecule has 1 heterocycles. The Kier molecular flexibility index (Phi) is 5.57. The van der Waals surface area contributed by atoms with Gasteiger partial charge in [-0.2, -0.15) is 0 Å². The van der Waals surface area contributed by atoms with Crippen LogP contribution in [0.3, 0.4) is 0 Å². The molecule has 5 nitrogen and oxygen atoms in total. The van der Waals surface area contributed by atoms with Crippen LogP contribution in [-0.4, -0.2) is 27.7 Å². The number of hydrogen-bond acceptors (Lipinski definition) is 4. The summed E-state index contributed by atoms with van der Waals surface area (Å²) in [6.07, 6.45) is 1.28. The van der Waals surface area contributed by atoms with Crippen LogP contribution in [0.25, 0.3) is 0 Å². The maximum atomic E-state index is 11.9. The number of carbonyl (C=O) groups excluding carboxylic acids is 1. The number of aromatic nitrogens is 1. The van der Waals surface area contributed by atoms with E-state index in [2.05, 4.69) is 26.2 Å². The van der Waals surface area contributed by atoms with Gasteiger partial charge in [0.05, 0.1) is 22.0 Å². The number of rotatable bonds is 5. The summed E-state index contributed by atoms with van der Waals surface area (Å²) >= 11 is 4.65. The molecule has 2 N–H and O–H groups in total. The van der Waals surface area contributed by atoms with Gasteiger partial charge in [-0.3, -0.25) is 4.79 Å². The quantitative estimate of drug-likeness (QED) is 0.774. The molecule has 1 amide bonds. The number of pyridine rings is 1. The highest BCUT2D eigenvalue weighted by molar-refractivity contribution is 9.10. The molecule has 114 valence electrons. The molecule has 0 aliphatic heterocycles. The number of carboxylic acids is 1. The number of nitrogens with zero attached hydrogens (tertiary/aromatic N) is 1. The number of aryl methyl sites for hydroxylation is 1. The summed E-state index contributed by atoms with van der Waals surface area (Å²) < 4.78 is 0.829. The molecular weight excluding hydrogens is 368 g/mol. The van der Waals surface area contributed by atoms with Crippen LogP contribution in [0.4, 0.5) is 5.69 Å². The number of thioether (sulfide) groups is 1. The van der Waals surface area contributed by atoms with Gasteiger partial charge in [-0.25, -0.2) is 9.78 Å². The second-order valence-electron chi connectivity index (χ2n) is 4.51. The first-order valence-electron chi connectivity index (χ1n) is 6.34. The van der Waals surface area contributed by atoms with Crippen molar-refractivity contribution in [1.82, 2.24) is 4.98 Å². The molecule has 0 atom stereocenters. The molecule has 0 saturated heterocycles. The fourth-order valence-corrected chi connectivity index (χ4v) is 2.87. The minimum atomic E-state index is -1.02. The lowest BCUT2D eigenvalue weighted by atomic mass is 10.2. The Morgan fingerprint density at radius 1 is 1.32 bits per heavy atom. The number of halogens is 1. The zero-order valence-corrected chi connectivity index (χ0v) is 14.1. The largest absolute Gasteiger partial charge is 0.478 e. The monoisotopic (exact) mass is 380 g/mol. The van der Waals surface area contributed by atoms with Gasteiger partial charge in [-0.05, 0) is 52.7 Å². The van der Waals surface area contributed by atoms with E-state index in [1.807, 2.05) is 25.1 Å². The van der Waals surface area contributed by atoms with E-state index in [9.17, 15) is 9.59 Å². The second-order valence-corrected chi connectivity index (χ2v) is 6.36. The van der Waals surface area contributed by atoms with Crippen LogP contribution in [-0.2, 0) is 4.79 Å². The molecule has 1 aromatic carbocycles. The van der Waals surface area contributed by atoms with Crippen molar-refractivity contribution < 1.29 is 14.7 Å². The van der Waals surface area contributed by atoms with E-state index >= 15 is 0 Å². The zero-order chi connectivity index (χ0) is 16.1. The Morgan fingerprint density at radius 2 is 2.09 bits per heavy atom. The zero-order valence-electron chi connectivity index (χ0n) is 11.7. The lowest BCUT2D eigenvalue weighted by Crippen LogP contribution is -2.14. The van der Waals surface area contributed by atoms with Crippen molar-refractivity contribution in [2.75, 3.05) is 11.1 Å². The molecule has 2 aromatic rings. The van der Waals surface area contributed by atoms with Gasteiger partial charge in [-0.15, -0.1) is 0 Å². The summed E-state index contributed by atoms with van der Waals surface area (Å²) in [5.74, 6) is -0.982. The number of nitrogens with one attached hydrogen (secondary N) is 1. The number of amides is 1. The predicted octanol–water partition coefficient (Wildman–Crippen LogP) is 3.58. The van der Waals surface area contributed by atoms with Gasteiger partial charge in [0.25, 0.3) is 0 Å². The summed E-state index contributed by atoms with van der Waals surface area (Å²) in [5, 5.41) is 12.2. The highest BCUT2D eigenvalue weighted by atomic mass is 79.9. The number of carbonyl (C=O) groups is 2. The number of anilines is 1. The molecule has 0 spiro atoms. The van der Waals surface area contributed by atoms with E-state index in [0.29, 0.717) is 10.7 Å². The van der Waals surface area contributed by atoms with Crippen LogP contribution in [0.1, 0.15) is 15.9 Å². The first-order chi connectivity index (χ1) is 10.5. The minimum Gasteiger partial charge on any atom is -0.478 e. The first kappa shape index (κ1) is 16.5. The molecular formula is C15H13BrN2O3S. The Bertz CT molecular complexity index is 704. The Balaban J connectivity index is 1.91. The smallest absolute Gasteiger partial charge is 0.337 e. The van der Waals surface area contributed by atoms with Crippen LogP contribution in [0, 0.1) is 6.92 Å². The summed E-state index contributed by atoms with van der Waals surface area (Å²) in [7, 11) is 0. The summed E-state index contributed by atoms with van der Waals surface area (Å²) in [6.45, 7) is 1.97. The predicted molar refractivity (Wildman–Crippen MR) is 89.4 cm³/mol. The molecule has 0 unspecified atom stereocenters. The van der Waals surface area contributed by atoms with Gasteiger partial charge in [0.15, 0.2) is 0 Å². The Labute approximate surface area is 140 Å². The van der Waals surface area contributed by atoms with Crippen molar-refractivity contribution in [1.29, 1.82) is 0 Å². The van der Waals surface area contributed by atoms with Gasteiger partial charge >= 0.3 is 5.97 Å². The highest BCUT2D eigenvalue weighted by Crippen LogP contribution is 2.24. The fraction of sp³-hybridized carbons (Fsp3) is 0.133. The number of hydrogen-bond donors (Lipinski definition) is 2. The number of aromatic carboxylic acids is 1. The molecule has 0 saturated carbocycles. The van der Waals surface area contributed by atoms with Crippen molar-refractivity contribution in [3.63, 3.8) is 0 Å². The lowest BCUT2D eigenvalue weighted by Gasteiger charge is -2.08. The van der Waals surface area contributed by atoms with E-state index in [-0.39, 0.29) is 17.2 Å². The molecule has 22 heavy (non-hydrogen) atoms. The highest BCUT2D eigenvalue weighted by Gasteiger charge is 2.08. The van der Waals surface area contributed by atoms with Gasteiger partial charge in [0.2, 0.25) is 5.91 Å². The van der Waals surface area contributed by atoms with Crippen LogP contribution in [0.5, 0.6) is 0 Å². The molecule has 0 aliphatic carbocycles. The van der Waals surface area contributed by atoms with Gasteiger partial charge < -0.3 is 10.4 Å². The molecule has 2 rings (SSSR count). The van der Waals surface area contributed by atoms with Crippen molar-refractivity contribution in [2.24, 2.45) is 0 Å². The molecule has 1 aromatic heterocycles. The average molecular weight is 381 g/mol. The van der Waals surface area contributed by atoms with Crippen molar-refractivity contribution in [3.05, 3.63) is 52.1 Å². The average Bonchev–Trinajstić information content (AvgIpc) is 2.48. The SMILES string of the molecule is Cc1ccc(NC(=O)CSc2ccc(C(=O)O)cn2)c(Br)c1. The standard InChI is InChI=1S/C15H13BrN2O3S/c1-9-2-4-12(11(16)6-9)18-13(19)8-22-14-5-3-10(7-17-14)15(20)21/h2-7H,8H2,1H3,(H,18,19)(H,20,21). The first-order valence-corrected chi connectivity index (χ1v) is 8.11. The van der Waals surface area contributed by atoms with E-state index in [4.69, 9.17) is 5.11 Å².